The van der Waals surface area contributed by atoms with E-state index >= 15 is 0 Å². The summed E-state index contributed by atoms with van der Waals surface area (Å²) in [5, 5.41) is 0. The molecule has 1 amide bonds. The molecular weight excluding hydrogens is 398 g/mol. The molecule has 1 aliphatic rings. The van der Waals surface area contributed by atoms with Gasteiger partial charge in [-0.05, 0) is 66.9 Å². The average Bonchev–Trinajstić information content (AvgIpc) is 3.21. The Labute approximate surface area is 187 Å². The lowest BCUT2D eigenvalue weighted by molar-refractivity contribution is 0.0827. The van der Waals surface area contributed by atoms with Crippen molar-refractivity contribution in [1.29, 1.82) is 0 Å². The van der Waals surface area contributed by atoms with Crippen LogP contribution in [0.1, 0.15) is 27.0 Å². The Balaban J connectivity index is 1.55. The molecule has 4 aromatic rings. The summed E-state index contributed by atoms with van der Waals surface area (Å²) >= 11 is 0. The first-order valence-electron chi connectivity index (χ1n) is 10.9. The van der Waals surface area contributed by atoms with Gasteiger partial charge in [-0.3, -0.25) is 4.79 Å². The Morgan fingerprint density at radius 3 is 2.66 bits per heavy atom. The smallest absolute Gasteiger partial charge is 0.253 e. The monoisotopic (exact) mass is 425 g/mol. The SMILES string of the molecule is Cc1cc(-c2cnc3[nH]cc(-c4ccc(C(=O)N(C)C)cc4)c3n2)cc2c1CCN(C)C2. The van der Waals surface area contributed by atoms with Gasteiger partial charge in [0.2, 0.25) is 0 Å². The van der Waals surface area contributed by atoms with Gasteiger partial charge in [0.05, 0.1) is 11.9 Å². The third-order valence-electron chi connectivity index (χ3n) is 6.27. The van der Waals surface area contributed by atoms with Crippen LogP contribution in [0.2, 0.25) is 0 Å². The zero-order valence-corrected chi connectivity index (χ0v) is 18.9. The molecule has 1 N–H and O–H groups in total. The average molecular weight is 426 g/mol. The molecule has 2 aromatic heterocycles. The second-order valence-corrected chi connectivity index (χ2v) is 8.85. The second kappa shape index (κ2) is 7.88. The first-order chi connectivity index (χ1) is 15.4. The standard InChI is InChI=1S/C26H27N5O/c1-16-11-19(12-20-15-31(4)10-9-21(16)20)23-14-28-25-24(29-23)22(13-27-25)17-5-7-18(8-6-17)26(32)30(2)3/h5-8,11-14H,9-10,15H2,1-4H3,(H,27,28). The van der Waals surface area contributed by atoms with Gasteiger partial charge in [-0.1, -0.05) is 12.1 Å². The number of hydrogen-bond acceptors (Lipinski definition) is 4. The summed E-state index contributed by atoms with van der Waals surface area (Å²) in [5.74, 6) is -0.00835. The summed E-state index contributed by atoms with van der Waals surface area (Å²) < 4.78 is 0. The largest absolute Gasteiger partial charge is 0.345 e. The minimum Gasteiger partial charge on any atom is -0.345 e. The number of nitrogens with one attached hydrogen (secondary N) is 1. The van der Waals surface area contributed by atoms with Crippen molar-refractivity contribution < 1.29 is 4.79 Å². The fourth-order valence-corrected chi connectivity index (χ4v) is 4.51. The highest BCUT2D eigenvalue weighted by atomic mass is 16.2. The molecule has 0 bridgehead atoms. The minimum atomic E-state index is -0.00835. The van der Waals surface area contributed by atoms with Gasteiger partial charge >= 0.3 is 0 Å². The Morgan fingerprint density at radius 2 is 1.91 bits per heavy atom. The van der Waals surface area contributed by atoms with Crippen LogP contribution in [-0.2, 0) is 13.0 Å². The van der Waals surface area contributed by atoms with Crippen molar-refractivity contribution in [3.8, 4) is 22.4 Å². The topological polar surface area (TPSA) is 65.1 Å². The number of likely N-dealkylation sites (N-methyl/N-ethyl adjacent to an activating group) is 1. The van der Waals surface area contributed by atoms with E-state index in [1.165, 1.54) is 16.7 Å². The zero-order valence-electron chi connectivity index (χ0n) is 18.9. The van der Waals surface area contributed by atoms with E-state index in [4.69, 9.17) is 4.98 Å². The van der Waals surface area contributed by atoms with Gasteiger partial charge in [0.15, 0.2) is 5.65 Å². The fourth-order valence-electron chi connectivity index (χ4n) is 4.51. The lowest BCUT2D eigenvalue weighted by Gasteiger charge is -2.27. The Bertz CT molecular complexity index is 1320. The number of H-pyrrole nitrogens is 1. The van der Waals surface area contributed by atoms with Crippen LogP contribution in [0.5, 0.6) is 0 Å². The first kappa shape index (κ1) is 20.4. The molecule has 0 spiro atoms. The number of fused-ring (bicyclic) bond motifs is 2. The van der Waals surface area contributed by atoms with Crippen LogP contribution in [0, 0.1) is 6.92 Å². The van der Waals surface area contributed by atoms with Crippen LogP contribution in [0.4, 0.5) is 0 Å². The molecule has 0 saturated carbocycles. The number of amides is 1. The molecule has 2 aromatic carbocycles. The molecule has 0 atom stereocenters. The molecule has 0 aliphatic carbocycles. The summed E-state index contributed by atoms with van der Waals surface area (Å²) in [6, 6.07) is 12.1. The fraction of sp³-hybridized carbons (Fsp3) is 0.269. The molecule has 5 rings (SSSR count). The summed E-state index contributed by atoms with van der Waals surface area (Å²) in [6.07, 6.45) is 4.87. The number of benzene rings is 2. The molecule has 0 unspecified atom stereocenters. The summed E-state index contributed by atoms with van der Waals surface area (Å²) in [5.41, 5.74) is 10.4. The Hall–Kier alpha value is -3.51. The van der Waals surface area contributed by atoms with E-state index in [9.17, 15) is 4.79 Å². The van der Waals surface area contributed by atoms with E-state index in [-0.39, 0.29) is 5.91 Å². The van der Waals surface area contributed by atoms with E-state index < -0.39 is 0 Å². The van der Waals surface area contributed by atoms with Gasteiger partial charge in [0, 0.05) is 50.1 Å². The lowest BCUT2D eigenvalue weighted by atomic mass is 9.92. The summed E-state index contributed by atoms with van der Waals surface area (Å²) in [6.45, 7) is 4.26. The van der Waals surface area contributed by atoms with Crippen molar-refractivity contribution >= 4 is 17.1 Å². The lowest BCUT2D eigenvalue weighted by Crippen LogP contribution is -2.27. The van der Waals surface area contributed by atoms with Crippen molar-refractivity contribution in [2.24, 2.45) is 0 Å². The number of rotatable bonds is 3. The summed E-state index contributed by atoms with van der Waals surface area (Å²) in [4.78, 5) is 29.0. The number of aryl methyl sites for hydroxylation is 1. The van der Waals surface area contributed by atoms with Crippen molar-refractivity contribution in [3.63, 3.8) is 0 Å². The highest BCUT2D eigenvalue weighted by Crippen LogP contribution is 2.31. The van der Waals surface area contributed by atoms with Crippen molar-refractivity contribution in [2.75, 3.05) is 27.7 Å². The van der Waals surface area contributed by atoms with E-state index in [1.54, 1.807) is 19.0 Å². The molecule has 1 aliphatic heterocycles. The molecule has 0 fully saturated rings. The van der Waals surface area contributed by atoms with Gasteiger partial charge in [0.1, 0.15) is 5.52 Å². The van der Waals surface area contributed by atoms with Crippen LogP contribution < -0.4 is 0 Å². The molecule has 6 heteroatoms. The minimum absolute atomic E-state index is 0.00835. The number of carbonyl (C=O) groups is 1. The summed E-state index contributed by atoms with van der Waals surface area (Å²) in [7, 11) is 5.68. The predicted octanol–water partition coefficient (Wildman–Crippen LogP) is 4.29. The normalized spacial score (nSPS) is 13.9. The number of aromatic amines is 1. The maximum absolute atomic E-state index is 12.2. The molecule has 32 heavy (non-hydrogen) atoms. The predicted molar refractivity (Wildman–Crippen MR) is 128 cm³/mol. The van der Waals surface area contributed by atoms with Crippen molar-refractivity contribution in [3.05, 3.63) is 71.0 Å². The highest BCUT2D eigenvalue weighted by molar-refractivity contribution is 5.96. The van der Waals surface area contributed by atoms with Crippen LogP contribution >= 0.6 is 0 Å². The van der Waals surface area contributed by atoms with Crippen LogP contribution in [0.15, 0.2) is 48.8 Å². The quantitative estimate of drug-likeness (QED) is 0.532. The van der Waals surface area contributed by atoms with Gasteiger partial charge in [-0.25, -0.2) is 9.97 Å². The van der Waals surface area contributed by atoms with E-state index in [1.807, 2.05) is 36.7 Å². The van der Waals surface area contributed by atoms with Gasteiger partial charge in [-0.15, -0.1) is 0 Å². The molecule has 162 valence electrons. The van der Waals surface area contributed by atoms with Crippen molar-refractivity contribution in [2.45, 2.75) is 19.9 Å². The number of nitrogens with zero attached hydrogens (tertiary/aromatic N) is 4. The molecule has 0 radical (unpaired) electrons. The molecular formula is C26H27N5O. The number of carbonyl (C=O) groups excluding carboxylic acids is 1. The third-order valence-corrected chi connectivity index (χ3v) is 6.27. The van der Waals surface area contributed by atoms with Gasteiger partial charge in [-0.2, -0.15) is 0 Å². The van der Waals surface area contributed by atoms with Crippen LogP contribution in [-0.4, -0.2) is 58.3 Å². The third kappa shape index (κ3) is 3.56. The van der Waals surface area contributed by atoms with Gasteiger partial charge in [0.25, 0.3) is 5.91 Å². The van der Waals surface area contributed by atoms with E-state index in [0.717, 1.165) is 53.1 Å². The molecule has 3 heterocycles. The highest BCUT2D eigenvalue weighted by Gasteiger charge is 2.18. The van der Waals surface area contributed by atoms with Gasteiger partial charge < -0.3 is 14.8 Å². The van der Waals surface area contributed by atoms with Crippen molar-refractivity contribution in [1.82, 2.24) is 24.8 Å². The van der Waals surface area contributed by atoms with E-state index in [0.29, 0.717) is 5.56 Å². The number of aromatic nitrogens is 3. The van der Waals surface area contributed by atoms with Crippen LogP contribution in [0.3, 0.4) is 0 Å². The second-order valence-electron chi connectivity index (χ2n) is 8.85. The first-order valence-corrected chi connectivity index (χ1v) is 10.9. The maximum Gasteiger partial charge on any atom is 0.253 e. The Kier molecular flexibility index (Phi) is 5.02. The maximum atomic E-state index is 12.2. The number of hydrogen-bond donors (Lipinski definition) is 1. The molecule has 0 saturated heterocycles. The molecule has 6 nitrogen and oxygen atoms in total. The zero-order chi connectivity index (χ0) is 22.4. The van der Waals surface area contributed by atoms with Crippen LogP contribution in [0.25, 0.3) is 33.5 Å². The Morgan fingerprint density at radius 1 is 1.12 bits per heavy atom. The van der Waals surface area contributed by atoms with E-state index in [2.05, 4.69) is 41.0 Å².